The molecule has 114 valence electrons. The van der Waals surface area contributed by atoms with E-state index in [4.69, 9.17) is 23.2 Å². The maximum absolute atomic E-state index is 12.8. The SMILES string of the molecule is O=C(c1cc(Cl)nc(Cl)c1)N1CCCC1C1CCCCC1. The molecule has 0 aromatic carbocycles. The minimum atomic E-state index is 0.0503. The second-order valence-corrected chi connectivity index (χ2v) is 6.88. The number of carbonyl (C=O) groups excluding carboxylic acids is 1. The fourth-order valence-corrected chi connectivity index (χ4v) is 4.27. The van der Waals surface area contributed by atoms with Gasteiger partial charge in [0.15, 0.2) is 0 Å². The molecule has 3 nitrogen and oxygen atoms in total. The molecule has 1 saturated heterocycles. The molecule has 2 aliphatic rings. The second-order valence-electron chi connectivity index (χ2n) is 6.11. The van der Waals surface area contributed by atoms with Crippen molar-refractivity contribution >= 4 is 29.1 Å². The van der Waals surface area contributed by atoms with Crippen molar-refractivity contribution in [3.63, 3.8) is 0 Å². The molecule has 5 heteroatoms. The van der Waals surface area contributed by atoms with Crippen molar-refractivity contribution in [3.05, 3.63) is 28.0 Å². The number of carbonyl (C=O) groups is 1. The van der Waals surface area contributed by atoms with Crippen molar-refractivity contribution in [1.82, 2.24) is 9.88 Å². The van der Waals surface area contributed by atoms with Crippen LogP contribution in [0.15, 0.2) is 12.1 Å². The number of hydrogen-bond donors (Lipinski definition) is 0. The van der Waals surface area contributed by atoms with Gasteiger partial charge in [0.1, 0.15) is 10.3 Å². The lowest BCUT2D eigenvalue weighted by atomic mass is 9.83. The third-order valence-electron chi connectivity index (χ3n) is 4.76. The Labute approximate surface area is 135 Å². The number of nitrogens with zero attached hydrogens (tertiary/aromatic N) is 2. The Morgan fingerprint density at radius 3 is 2.38 bits per heavy atom. The topological polar surface area (TPSA) is 33.2 Å². The summed E-state index contributed by atoms with van der Waals surface area (Å²) in [6.45, 7) is 0.845. The highest BCUT2D eigenvalue weighted by molar-refractivity contribution is 6.33. The fraction of sp³-hybridized carbons (Fsp3) is 0.625. The number of pyridine rings is 1. The van der Waals surface area contributed by atoms with Crippen LogP contribution in [0.3, 0.4) is 0 Å². The first-order valence-electron chi connectivity index (χ1n) is 7.79. The Balaban J connectivity index is 1.79. The van der Waals surface area contributed by atoms with Gasteiger partial charge in [-0.05, 0) is 43.7 Å². The van der Waals surface area contributed by atoms with E-state index in [1.54, 1.807) is 12.1 Å². The first-order valence-corrected chi connectivity index (χ1v) is 8.55. The van der Waals surface area contributed by atoms with E-state index in [0.29, 0.717) is 17.5 Å². The maximum Gasteiger partial charge on any atom is 0.254 e. The van der Waals surface area contributed by atoms with E-state index in [9.17, 15) is 4.79 Å². The maximum atomic E-state index is 12.8. The van der Waals surface area contributed by atoms with E-state index in [2.05, 4.69) is 4.98 Å². The van der Waals surface area contributed by atoms with Crippen LogP contribution in [-0.2, 0) is 0 Å². The van der Waals surface area contributed by atoms with E-state index < -0.39 is 0 Å². The van der Waals surface area contributed by atoms with E-state index >= 15 is 0 Å². The molecule has 1 unspecified atom stereocenters. The lowest BCUT2D eigenvalue weighted by molar-refractivity contribution is 0.0661. The summed E-state index contributed by atoms with van der Waals surface area (Å²) < 4.78 is 0. The van der Waals surface area contributed by atoms with Crippen LogP contribution < -0.4 is 0 Å². The number of amides is 1. The van der Waals surface area contributed by atoms with Crippen LogP contribution in [0, 0.1) is 5.92 Å². The molecule has 1 aliphatic heterocycles. The molecular weight excluding hydrogens is 307 g/mol. The summed E-state index contributed by atoms with van der Waals surface area (Å²) in [5.41, 5.74) is 0.558. The molecule has 3 rings (SSSR count). The Morgan fingerprint density at radius 1 is 1.05 bits per heavy atom. The molecule has 1 atom stereocenters. The van der Waals surface area contributed by atoms with Gasteiger partial charge in [-0.1, -0.05) is 42.5 Å². The number of likely N-dealkylation sites (tertiary alicyclic amines) is 1. The summed E-state index contributed by atoms with van der Waals surface area (Å²) in [5.74, 6) is 0.715. The lowest BCUT2D eigenvalue weighted by Gasteiger charge is -2.34. The summed E-state index contributed by atoms with van der Waals surface area (Å²) in [5, 5.41) is 0.554. The first kappa shape index (κ1) is 15.1. The Hall–Kier alpha value is -0.800. The zero-order valence-corrected chi connectivity index (χ0v) is 13.5. The minimum absolute atomic E-state index is 0.0503. The Morgan fingerprint density at radius 2 is 1.71 bits per heavy atom. The van der Waals surface area contributed by atoms with E-state index in [1.165, 1.54) is 32.1 Å². The summed E-state index contributed by atoms with van der Waals surface area (Å²) in [6.07, 6.45) is 8.68. The van der Waals surface area contributed by atoms with Crippen LogP contribution in [-0.4, -0.2) is 28.4 Å². The minimum Gasteiger partial charge on any atom is -0.335 e. The fourth-order valence-electron chi connectivity index (χ4n) is 3.81. The molecule has 1 saturated carbocycles. The smallest absolute Gasteiger partial charge is 0.254 e. The van der Waals surface area contributed by atoms with Crippen LogP contribution in [0.25, 0.3) is 0 Å². The van der Waals surface area contributed by atoms with Crippen LogP contribution in [0.1, 0.15) is 55.3 Å². The molecule has 0 N–H and O–H groups in total. The molecule has 0 bridgehead atoms. The van der Waals surface area contributed by atoms with Crippen LogP contribution in [0.4, 0.5) is 0 Å². The van der Waals surface area contributed by atoms with E-state index in [-0.39, 0.29) is 16.2 Å². The van der Waals surface area contributed by atoms with Gasteiger partial charge in [0.2, 0.25) is 0 Å². The van der Waals surface area contributed by atoms with Crippen molar-refractivity contribution < 1.29 is 4.79 Å². The second kappa shape index (κ2) is 6.53. The first-order chi connectivity index (χ1) is 10.1. The average molecular weight is 327 g/mol. The van der Waals surface area contributed by atoms with Crippen molar-refractivity contribution in [2.75, 3.05) is 6.54 Å². The van der Waals surface area contributed by atoms with Gasteiger partial charge in [-0.15, -0.1) is 0 Å². The molecule has 0 spiro atoms. The van der Waals surface area contributed by atoms with Gasteiger partial charge in [0.05, 0.1) is 0 Å². The quantitative estimate of drug-likeness (QED) is 0.745. The van der Waals surface area contributed by atoms with Gasteiger partial charge in [0.25, 0.3) is 5.91 Å². The molecular formula is C16H20Cl2N2O. The van der Waals surface area contributed by atoms with E-state index in [1.807, 2.05) is 4.90 Å². The predicted octanol–water partition coefficient (Wildman–Crippen LogP) is 4.57. The average Bonchev–Trinajstić information content (AvgIpc) is 2.95. The van der Waals surface area contributed by atoms with Crippen molar-refractivity contribution in [1.29, 1.82) is 0 Å². The molecule has 2 heterocycles. The monoisotopic (exact) mass is 326 g/mol. The molecule has 21 heavy (non-hydrogen) atoms. The van der Waals surface area contributed by atoms with Crippen LogP contribution in [0.5, 0.6) is 0 Å². The summed E-state index contributed by atoms with van der Waals surface area (Å²) >= 11 is 11.8. The third kappa shape index (κ3) is 3.35. The highest BCUT2D eigenvalue weighted by atomic mass is 35.5. The number of aromatic nitrogens is 1. The van der Waals surface area contributed by atoms with Gasteiger partial charge in [-0.3, -0.25) is 4.79 Å². The zero-order valence-electron chi connectivity index (χ0n) is 12.0. The van der Waals surface area contributed by atoms with Gasteiger partial charge in [-0.2, -0.15) is 0 Å². The molecule has 0 radical (unpaired) electrons. The number of hydrogen-bond acceptors (Lipinski definition) is 2. The number of rotatable bonds is 2. The third-order valence-corrected chi connectivity index (χ3v) is 5.15. The highest BCUT2D eigenvalue weighted by Crippen LogP contribution is 2.35. The summed E-state index contributed by atoms with van der Waals surface area (Å²) in [4.78, 5) is 18.7. The number of halogens is 2. The van der Waals surface area contributed by atoms with Crippen molar-refractivity contribution in [3.8, 4) is 0 Å². The van der Waals surface area contributed by atoms with Crippen LogP contribution >= 0.6 is 23.2 Å². The van der Waals surface area contributed by atoms with Gasteiger partial charge in [0, 0.05) is 18.2 Å². The van der Waals surface area contributed by atoms with Gasteiger partial charge >= 0.3 is 0 Å². The molecule has 1 aromatic heterocycles. The molecule has 1 amide bonds. The Kier molecular flexibility index (Phi) is 4.70. The lowest BCUT2D eigenvalue weighted by Crippen LogP contribution is -2.40. The van der Waals surface area contributed by atoms with Gasteiger partial charge < -0.3 is 4.90 Å². The summed E-state index contributed by atoms with van der Waals surface area (Å²) in [6, 6.07) is 3.63. The zero-order chi connectivity index (χ0) is 14.8. The largest absolute Gasteiger partial charge is 0.335 e. The normalized spacial score (nSPS) is 23.5. The standard InChI is InChI=1S/C16H20Cl2N2O/c17-14-9-12(10-15(18)19-14)16(21)20-8-4-7-13(20)11-5-2-1-3-6-11/h9-11,13H,1-8H2. The van der Waals surface area contributed by atoms with Crippen LogP contribution in [0.2, 0.25) is 10.3 Å². The molecule has 1 aliphatic carbocycles. The van der Waals surface area contributed by atoms with E-state index in [0.717, 1.165) is 19.4 Å². The molecule has 1 aromatic rings. The summed E-state index contributed by atoms with van der Waals surface area (Å²) in [7, 11) is 0. The molecule has 2 fully saturated rings. The van der Waals surface area contributed by atoms with Gasteiger partial charge in [-0.25, -0.2) is 4.98 Å². The predicted molar refractivity (Wildman–Crippen MR) is 84.9 cm³/mol. The van der Waals surface area contributed by atoms with Crippen molar-refractivity contribution in [2.24, 2.45) is 5.92 Å². The highest BCUT2D eigenvalue weighted by Gasteiger charge is 2.35. The van der Waals surface area contributed by atoms with Crippen molar-refractivity contribution in [2.45, 2.75) is 51.0 Å². The Bertz CT molecular complexity index is 509.